The highest BCUT2D eigenvalue weighted by molar-refractivity contribution is 6.31. The van der Waals surface area contributed by atoms with Gasteiger partial charge < -0.3 is 14.9 Å². The van der Waals surface area contributed by atoms with Crippen LogP contribution in [0.3, 0.4) is 0 Å². The minimum atomic E-state index is -5.05. The van der Waals surface area contributed by atoms with E-state index in [1.54, 1.807) is 13.8 Å². The molecule has 13 heteroatoms. The van der Waals surface area contributed by atoms with Crippen LogP contribution in [-0.4, -0.2) is 52.3 Å². The molecule has 0 aromatic heterocycles. The summed E-state index contributed by atoms with van der Waals surface area (Å²) in [6.45, 7) is 2.56. The van der Waals surface area contributed by atoms with Crippen molar-refractivity contribution in [1.82, 2.24) is 9.80 Å². The van der Waals surface area contributed by atoms with Crippen molar-refractivity contribution in [3.8, 4) is 0 Å². The Hall–Kier alpha value is -3.64. The third-order valence-electron chi connectivity index (χ3n) is 7.14. The highest BCUT2D eigenvalue weighted by Gasteiger charge is 2.46. The molecule has 0 spiro atoms. The SMILES string of the molecule is CCC1[C@@H](c2ccc(F)cc2C)[C@H](C(=O)N(C)Cc2cc(C(F)(F)F)cc(C(F)(F)F)c2)CCN1C(=O)C(=O)O. The summed E-state index contributed by atoms with van der Waals surface area (Å²) in [5.74, 6) is -5.80. The Labute approximate surface area is 225 Å². The maximum absolute atomic E-state index is 13.9. The lowest BCUT2D eigenvalue weighted by atomic mass is 9.72. The summed E-state index contributed by atoms with van der Waals surface area (Å²) in [5, 5.41) is 9.31. The number of aryl methyl sites for hydroxylation is 1. The fourth-order valence-electron chi connectivity index (χ4n) is 5.39. The molecular formula is C27H27F7N2O4. The summed E-state index contributed by atoms with van der Waals surface area (Å²) >= 11 is 0. The number of benzene rings is 2. The number of piperidine rings is 1. The minimum Gasteiger partial charge on any atom is -0.474 e. The molecule has 0 bridgehead atoms. The Bertz CT molecular complexity index is 1260. The lowest BCUT2D eigenvalue weighted by Gasteiger charge is -2.45. The van der Waals surface area contributed by atoms with Crippen LogP contribution in [0.25, 0.3) is 0 Å². The van der Waals surface area contributed by atoms with Gasteiger partial charge in [-0.2, -0.15) is 26.3 Å². The minimum absolute atomic E-state index is 0.000305. The first-order valence-electron chi connectivity index (χ1n) is 12.3. The van der Waals surface area contributed by atoms with Crippen molar-refractivity contribution in [3.05, 3.63) is 70.0 Å². The highest BCUT2D eigenvalue weighted by atomic mass is 19.4. The molecule has 0 aliphatic carbocycles. The molecule has 0 saturated carbocycles. The van der Waals surface area contributed by atoms with E-state index in [9.17, 15) is 50.2 Å². The van der Waals surface area contributed by atoms with Gasteiger partial charge in [-0.25, -0.2) is 9.18 Å². The topological polar surface area (TPSA) is 77.9 Å². The number of carbonyl (C=O) groups excluding carboxylic acids is 2. The Balaban J connectivity index is 2.02. The van der Waals surface area contributed by atoms with Crippen LogP contribution in [0.5, 0.6) is 0 Å². The van der Waals surface area contributed by atoms with Crippen molar-refractivity contribution in [2.24, 2.45) is 5.92 Å². The predicted octanol–water partition coefficient (Wildman–Crippen LogP) is 5.63. The molecule has 1 saturated heterocycles. The number of hydrogen-bond donors (Lipinski definition) is 1. The Kier molecular flexibility index (Phi) is 8.85. The van der Waals surface area contributed by atoms with Crippen LogP contribution in [0.15, 0.2) is 36.4 Å². The number of aliphatic carboxylic acids is 1. The first-order chi connectivity index (χ1) is 18.4. The van der Waals surface area contributed by atoms with Crippen molar-refractivity contribution in [3.63, 3.8) is 0 Å². The van der Waals surface area contributed by atoms with E-state index in [4.69, 9.17) is 0 Å². The van der Waals surface area contributed by atoms with E-state index in [1.165, 1.54) is 19.2 Å². The van der Waals surface area contributed by atoms with Crippen molar-refractivity contribution < 1.29 is 50.2 Å². The van der Waals surface area contributed by atoms with Crippen LogP contribution in [0.1, 0.15) is 53.5 Å². The summed E-state index contributed by atoms with van der Waals surface area (Å²) in [7, 11) is 1.24. The van der Waals surface area contributed by atoms with Crippen molar-refractivity contribution in [1.29, 1.82) is 0 Å². The van der Waals surface area contributed by atoms with Gasteiger partial charge in [-0.05, 0) is 66.8 Å². The number of likely N-dealkylation sites (tertiary alicyclic amines) is 1. The molecule has 1 fully saturated rings. The number of carboxylic acids is 1. The molecule has 1 heterocycles. The number of alkyl halides is 6. The summed E-state index contributed by atoms with van der Waals surface area (Å²) in [5.41, 5.74) is -2.50. The molecule has 6 nitrogen and oxygen atoms in total. The smallest absolute Gasteiger partial charge is 0.416 e. The summed E-state index contributed by atoms with van der Waals surface area (Å²) in [6.07, 6.45) is -9.92. The lowest BCUT2D eigenvalue weighted by Crippen LogP contribution is -2.55. The molecule has 1 aliphatic rings. The third-order valence-corrected chi connectivity index (χ3v) is 7.14. The van der Waals surface area contributed by atoms with Gasteiger partial charge in [0.05, 0.1) is 11.1 Å². The standard InChI is InChI=1S/C27H27F7N2O4/c1-4-21-22(19-6-5-18(28)9-14(19)2)20(7-8-36(21)24(38)25(39)40)23(37)35(3)13-15-10-16(26(29,30)31)12-17(11-15)27(32,33)34/h5-6,9-12,20-22H,4,7-8,13H2,1-3H3,(H,39,40)/t20-,21?,22+/m1/s1. The number of hydrogen-bond acceptors (Lipinski definition) is 3. The van der Waals surface area contributed by atoms with Gasteiger partial charge >= 0.3 is 24.2 Å². The molecule has 1 N–H and O–H groups in total. The van der Waals surface area contributed by atoms with Gasteiger partial charge in [0, 0.05) is 38.0 Å². The van der Waals surface area contributed by atoms with E-state index in [2.05, 4.69) is 0 Å². The molecule has 0 radical (unpaired) electrons. The molecule has 2 aromatic rings. The molecule has 1 unspecified atom stereocenters. The zero-order chi connectivity index (χ0) is 30.2. The molecule has 40 heavy (non-hydrogen) atoms. The summed E-state index contributed by atoms with van der Waals surface area (Å²) in [6, 6.07) is 4.09. The van der Waals surface area contributed by atoms with E-state index in [-0.39, 0.29) is 25.5 Å². The molecule has 218 valence electrons. The molecule has 1 aliphatic heterocycles. The number of carboxylic acid groups (broad SMARTS) is 1. The van der Waals surface area contributed by atoms with Crippen LogP contribution in [0.4, 0.5) is 30.7 Å². The van der Waals surface area contributed by atoms with Crippen molar-refractivity contribution in [2.75, 3.05) is 13.6 Å². The molecule has 3 atom stereocenters. The second kappa shape index (κ2) is 11.5. The number of carbonyl (C=O) groups is 3. The average molecular weight is 577 g/mol. The average Bonchev–Trinajstić information content (AvgIpc) is 2.85. The second-order valence-corrected chi connectivity index (χ2v) is 9.81. The van der Waals surface area contributed by atoms with E-state index in [1.807, 2.05) is 0 Å². The maximum Gasteiger partial charge on any atom is 0.416 e. The van der Waals surface area contributed by atoms with Gasteiger partial charge in [0.25, 0.3) is 0 Å². The Morgan fingerprint density at radius 3 is 2.05 bits per heavy atom. The number of halogens is 7. The molecule has 2 amide bonds. The Morgan fingerprint density at radius 2 is 1.57 bits per heavy atom. The van der Waals surface area contributed by atoms with Gasteiger partial charge in [0.1, 0.15) is 5.82 Å². The van der Waals surface area contributed by atoms with Gasteiger partial charge in [0.2, 0.25) is 5.91 Å². The summed E-state index contributed by atoms with van der Waals surface area (Å²) < 4.78 is 93.8. The predicted molar refractivity (Wildman–Crippen MR) is 128 cm³/mol. The number of nitrogens with zero attached hydrogens (tertiary/aromatic N) is 2. The van der Waals surface area contributed by atoms with Crippen LogP contribution >= 0.6 is 0 Å². The molecule has 2 aromatic carbocycles. The van der Waals surface area contributed by atoms with Crippen LogP contribution in [-0.2, 0) is 33.3 Å². The third kappa shape index (κ3) is 6.56. The van der Waals surface area contributed by atoms with Crippen molar-refractivity contribution >= 4 is 17.8 Å². The largest absolute Gasteiger partial charge is 0.474 e. The van der Waals surface area contributed by atoms with Gasteiger partial charge in [-0.1, -0.05) is 13.0 Å². The highest BCUT2D eigenvalue weighted by Crippen LogP contribution is 2.42. The van der Waals surface area contributed by atoms with E-state index in [0.29, 0.717) is 23.3 Å². The van der Waals surface area contributed by atoms with Crippen LogP contribution < -0.4 is 0 Å². The Morgan fingerprint density at radius 1 is 1.00 bits per heavy atom. The fraction of sp³-hybridized carbons (Fsp3) is 0.444. The van der Waals surface area contributed by atoms with E-state index < -0.39 is 77.1 Å². The molecule has 3 rings (SSSR count). The first-order valence-corrected chi connectivity index (χ1v) is 12.3. The first kappa shape index (κ1) is 30.9. The fourth-order valence-corrected chi connectivity index (χ4v) is 5.39. The zero-order valence-corrected chi connectivity index (χ0v) is 21.7. The summed E-state index contributed by atoms with van der Waals surface area (Å²) in [4.78, 5) is 39.7. The number of amides is 2. The van der Waals surface area contributed by atoms with E-state index >= 15 is 0 Å². The normalized spacial score (nSPS) is 19.9. The van der Waals surface area contributed by atoms with Gasteiger partial charge in [-0.15, -0.1) is 0 Å². The second-order valence-electron chi connectivity index (χ2n) is 9.81. The maximum atomic E-state index is 13.9. The van der Waals surface area contributed by atoms with Gasteiger partial charge in [-0.3, -0.25) is 9.59 Å². The molecular weight excluding hydrogens is 549 g/mol. The monoisotopic (exact) mass is 576 g/mol. The van der Waals surface area contributed by atoms with Gasteiger partial charge in [0.15, 0.2) is 0 Å². The lowest BCUT2D eigenvalue weighted by molar-refractivity contribution is -0.159. The van der Waals surface area contributed by atoms with Crippen molar-refractivity contribution in [2.45, 2.75) is 57.5 Å². The zero-order valence-electron chi connectivity index (χ0n) is 21.7. The van der Waals surface area contributed by atoms with Crippen LogP contribution in [0.2, 0.25) is 0 Å². The van der Waals surface area contributed by atoms with E-state index in [0.717, 1.165) is 15.9 Å². The number of rotatable bonds is 5. The van der Waals surface area contributed by atoms with Crippen LogP contribution in [0, 0.1) is 18.7 Å². The quantitative estimate of drug-likeness (QED) is 0.370.